The van der Waals surface area contributed by atoms with Crippen molar-refractivity contribution in [3.05, 3.63) is 44.1 Å². The first-order chi connectivity index (χ1) is 12.7. The maximum Gasteiger partial charge on any atom is 0.265 e. The number of ether oxygens (including phenoxy) is 2. The fourth-order valence-electron chi connectivity index (χ4n) is 3.13. The topological polar surface area (TPSA) is 72.9 Å². The van der Waals surface area contributed by atoms with Gasteiger partial charge in [0.2, 0.25) is 0 Å². The number of nitrogens with zero attached hydrogens (tertiary/aromatic N) is 1. The van der Waals surface area contributed by atoms with E-state index in [4.69, 9.17) is 9.47 Å². The molecule has 1 amide bonds. The predicted molar refractivity (Wildman–Crippen MR) is 109 cm³/mol. The van der Waals surface area contributed by atoms with Crippen LogP contribution in [-0.2, 0) is 16.4 Å². The number of fused-ring (bicyclic) bond motifs is 1. The molecule has 2 heterocycles. The summed E-state index contributed by atoms with van der Waals surface area (Å²) in [6.07, 6.45) is 1.18. The van der Waals surface area contributed by atoms with Crippen molar-refractivity contribution in [2.24, 2.45) is 0 Å². The Morgan fingerprint density at radius 1 is 1.33 bits per heavy atom. The molecular formula is C18H20BrNO5S2. The molecule has 1 aromatic heterocycles. The van der Waals surface area contributed by atoms with Crippen LogP contribution in [0.5, 0.6) is 11.5 Å². The average Bonchev–Trinajstić information content (AvgIpc) is 3.13. The van der Waals surface area contributed by atoms with Crippen LogP contribution in [0.2, 0.25) is 0 Å². The third kappa shape index (κ3) is 4.14. The summed E-state index contributed by atoms with van der Waals surface area (Å²) in [5.41, 5.74) is 1.60. The highest BCUT2D eigenvalue weighted by Gasteiger charge is 2.37. The van der Waals surface area contributed by atoms with Crippen LogP contribution in [0.15, 0.2) is 28.1 Å². The molecule has 0 saturated carbocycles. The van der Waals surface area contributed by atoms with Gasteiger partial charge in [0.25, 0.3) is 5.91 Å². The summed E-state index contributed by atoms with van der Waals surface area (Å²) < 4.78 is 36.0. The lowest BCUT2D eigenvalue weighted by Gasteiger charge is -2.28. The number of halogens is 1. The van der Waals surface area contributed by atoms with Crippen LogP contribution in [0, 0.1) is 0 Å². The highest BCUT2D eigenvalue weighted by molar-refractivity contribution is 9.10. The van der Waals surface area contributed by atoms with Crippen LogP contribution in [-0.4, -0.2) is 45.0 Å². The zero-order chi connectivity index (χ0) is 19.8. The fourth-order valence-corrected chi connectivity index (χ4v) is 5.71. The van der Waals surface area contributed by atoms with E-state index in [1.807, 2.05) is 12.3 Å². The summed E-state index contributed by atoms with van der Waals surface area (Å²) in [6, 6.07) is 4.67. The molecule has 146 valence electrons. The molecule has 0 radical (unpaired) electrons. The van der Waals surface area contributed by atoms with E-state index in [9.17, 15) is 13.2 Å². The number of amides is 1. The van der Waals surface area contributed by atoms with Crippen molar-refractivity contribution in [3.63, 3.8) is 0 Å². The molecule has 0 aliphatic carbocycles. The number of hydrogen-bond donors (Lipinski definition) is 0. The summed E-state index contributed by atoms with van der Waals surface area (Å²) in [6.45, 7) is 2.68. The Bertz CT molecular complexity index is 970. The number of thiophene rings is 1. The molecule has 0 saturated heterocycles. The first-order valence-electron chi connectivity index (χ1n) is 8.30. The third-order valence-corrected chi connectivity index (χ3v) is 7.28. The summed E-state index contributed by atoms with van der Waals surface area (Å²) in [5, 5.41) is 1.88. The minimum atomic E-state index is -3.33. The number of carbonyl (C=O) groups excluding carboxylic acids is 1. The van der Waals surface area contributed by atoms with Crippen molar-refractivity contribution < 1.29 is 22.7 Å². The number of carbonyl (C=O) groups is 1. The standard InChI is InChI=1S/C18H20BrNO5S2/c1-4-25-16-7-11(5-6-15(16)24-2)14(10-27(3,22)23)20-8-12-13(19)9-26-17(12)18(20)21/h5-7,9,14H,4,8,10H2,1-3H3. The molecule has 2 aromatic rings. The molecule has 0 spiro atoms. The number of sulfone groups is 1. The van der Waals surface area contributed by atoms with Crippen molar-refractivity contribution in [1.82, 2.24) is 4.90 Å². The largest absolute Gasteiger partial charge is 0.493 e. The van der Waals surface area contributed by atoms with E-state index in [-0.39, 0.29) is 11.7 Å². The molecule has 1 aliphatic rings. The summed E-state index contributed by atoms with van der Waals surface area (Å²) >= 11 is 4.83. The van der Waals surface area contributed by atoms with Gasteiger partial charge in [-0.25, -0.2) is 8.42 Å². The van der Waals surface area contributed by atoms with Gasteiger partial charge in [-0.15, -0.1) is 11.3 Å². The molecule has 1 atom stereocenters. The minimum Gasteiger partial charge on any atom is -0.493 e. The lowest BCUT2D eigenvalue weighted by molar-refractivity contribution is 0.0721. The summed E-state index contributed by atoms with van der Waals surface area (Å²) in [7, 11) is -1.78. The van der Waals surface area contributed by atoms with Crippen molar-refractivity contribution in [2.45, 2.75) is 19.5 Å². The van der Waals surface area contributed by atoms with Gasteiger partial charge in [-0.2, -0.15) is 0 Å². The van der Waals surface area contributed by atoms with Crippen molar-refractivity contribution in [3.8, 4) is 11.5 Å². The van der Waals surface area contributed by atoms with Crippen LogP contribution < -0.4 is 9.47 Å². The Morgan fingerprint density at radius 3 is 2.67 bits per heavy atom. The van der Waals surface area contributed by atoms with Gasteiger partial charge in [-0.1, -0.05) is 6.07 Å². The highest BCUT2D eigenvalue weighted by atomic mass is 79.9. The smallest absolute Gasteiger partial charge is 0.265 e. The van der Waals surface area contributed by atoms with Gasteiger partial charge in [-0.3, -0.25) is 4.79 Å². The van der Waals surface area contributed by atoms with Gasteiger partial charge < -0.3 is 14.4 Å². The van der Waals surface area contributed by atoms with Gasteiger partial charge in [0.05, 0.1) is 30.4 Å². The van der Waals surface area contributed by atoms with Crippen molar-refractivity contribution in [2.75, 3.05) is 25.7 Å². The van der Waals surface area contributed by atoms with Crippen LogP contribution in [0.3, 0.4) is 0 Å². The normalized spacial score (nSPS) is 15.0. The first kappa shape index (κ1) is 20.2. The lowest BCUT2D eigenvalue weighted by Crippen LogP contribution is -2.33. The van der Waals surface area contributed by atoms with Gasteiger partial charge in [0.15, 0.2) is 11.5 Å². The second-order valence-electron chi connectivity index (χ2n) is 6.28. The molecule has 1 aromatic carbocycles. The molecule has 0 fully saturated rings. The maximum absolute atomic E-state index is 12.9. The van der Waals surface area contributed by atoms with Crippen molar-refractivity contribution in [1.29, 1.82) is 0 Å². The van der Waals surface area contributed by atoms with E-state index in [1.54, 1.807) is 30.2 Å². The van der Waals surface area contributed by atoms with Crippen molar-refractivity contribution >= 4 is 43.0 Å². The van der Waals surface area contributed by atoms with Gasteiger partial charge in [0.1, 0.15) is 9.84 Å². The van der Waals surface area contributed by atoms with Crippen LogP contribution >= 0.6 is 27.3 Å². The van der Waals surface area contributed by atoms with Gasteiger partial charge in [0, 0.05) is 28.2 Å². The Balaban J connectivity index is 2.03. The Hall–Kier alpha value is -1.58. The number of benzene rings is 1. The summed E-state index contributed by atoms with van der Waals surface area (Å²) in [5.74, 6) is 0.776. The van der Waals surface area contributed by atoms with Crippen LogP contribution in [0.1, 0.15) is 33.8 Å². The highest BCUT2D eigenvalue weighted by Crippen LogP contribution is 2.40. The van der Waals surface area contributed by atoms with E-state index in [1.165, 1.54) is 17.6 Å². The van der Waals surface area contributed by atoms with Gasteiger partial charge in [-0.05, 0) is 40.5 Å². The third-order valence-electron chi connectivity index (χ3n) is 4.34. The lowest BCUT2D eigenvalue weighted by atomic mass is 10.1. The number of rotatable bonds is 7. The Morgan fingerprint density at radius 2 is 2.07 bits per heavy atom. The number of methoxy groups -OCH3 is 1. The van der Waals surface area contributed by atoms with Gasteiger partial charge >= 0.3 is 0 Å². The second kappa shape index (κ2) is 7.81. The average molecular weight is 474 g/mol. The first-order valence-corrected chi connectivity index (χ1v) is 12.0. The molecule has 6 nitrogen and oxygen atoms in total. The quantitative estimate of drug-likeness (QED) is 0.613. The van der Waals surface area contributed by atoms with E-state index >= 15 is 0 Å². The molecule has 27 heavy (non-hydrogen) atoms. The molecule has 1 aliphatic heterocycles. The zero-order valence-corrected chi connectivity index (χ0v) is 18.4. The molecular weight excluding hydrogens is 454 g/mol. The van der Waals surface area contributed by atoms with E-state index < -0.39 is 15.9 Å². The minimum absolute atomic E-state index is 0.150. The SMILES string of the molecule is CCOc1cc(C(CS(C)(=O)=O)N2Cc3c(Br)csc3C2=O)ccc1OC. The molecule has 9 heteroatoms. The summed E-state index contributed by atoms with van der Waals surface area (Å²) in [4.78, 5) is 15.2. The Labute approximate surface area is 171 Å². The molecule has 1 unspecified atom stereocenters. The zero-order valence-electron chi connectivity index (χ0n) is 15.2. The molecule has 0 N–H and O–H groups in total. The van der Waals surface area contributed by atoms with E-state index in [0.29, 0.717) is 35.1 Å². The van der Waals surface area contributed by atoms with E-state index in [0.717, 1.165) is 10.0 Å². The predicted octanol–water partition coefficient (Wildman–Crippen LogP) is 3.66. The van der Waals surface area contributed by atoms with Crippen LogP contribution in [0.4, 0.5) is 0 Å². The fraction of sp³-hybridized carbons (Fsp3) is 0.389. The maximum atomic E-state index is 12.9. The molecule has 3 rings (SSSR count). The van der Waals surface area contributed by atoms with Crippen LogP contribution in [0.25, 0.3) is 0 Å². The second-order valence-corrected chi connectivity index (χ2v) is 10.2. The van der Waals surface area contributed by atoms with E-state index in [2.05, 4.69) is 15.9 Å². The Kier molecular flexibility index (Phi) is 5.83. The number of hydrogen-bond acceptors (Lipinski definition) is 6. The monoisotopic (exact) mass is 473 g/mol. The molecule has 0 bridgehead atoms.